The van der Waals surface area contributed by atoms with Crippen molar-refractivity contribution in [1.82, 2.24) is 0 Å². The Bertz CT molecular complexity index is 381. The number of rotatable bonds is 6. The molecular formula is C6H8O9S. The van der Waals surface area contributed by atoms with E-state index in [0.717, 1.165) is 0 Å². The van der Waals surface area contributed by atoms with Crippen molar-refractivity contribution in [2.24, 2.45) is 0 Å². The van der Waals surface area contributed by atoms with E-state index >= 15 is 0 Å². The zero-order valence-electron chi connectivity index (χ0n) is 7.78. The molecule has 0 aromatic heterocycles. The molecule has 0 aromatic carbocycles. The van der Waals surface area contributed by atoms with Crippen LogP contribution in [0.2, 0.25) is 0 Å². The summed E-state index contributed by atoms with van der Waals surface area (Å²) in [4.78, 5) is 31.3. The van der Waals surface area contributed by atoms with Gasteiger partial charge in [0.25, 0.3) is 0 Å². The predicted molar refractivity (Wildman–Crippen MR) is 45.5 cm³/mol. The van der Waals surface area contributed by atoms with Gasteiger partial charge in [-0.15, -0.1) is 0 Å². The van der Waals surface area contributed by atoms with Crippen molar-refractivity contribution in [3.8, 4) is 0 Å². The highest BCUT2D eigenvalue weighted by Gasteiger charge is 2.15. The minimum Gasteiger partial charge on any atom is -0.479 e. The molecule has 0 unspecified atom stereocenters. The Morgan fingerprint density at radius 2 is 1.56 bits per heavy atom. The van der Waals surface area contributed by atoms with Crippen molar-refractivity contribution in [3.63, 3.8) is 0 Å². The third-order valence-electron chi connectivity index (χ3n) is 1.09. The molecule has 0 spiro atoms. The molecule has 0 fully saturated rings. The van der Waals surface area contributed by atoms with Crippen LogP contribution < -0.4 is 0 Å². The maximum Gasteiger partial charge on any atom is 0.448 e. The van der Waals surface area contributed by atoms with Crippen LogP contribution in [0.15, 0.2) is 0 Å². The number of aliphatic carboxylic acids is 1. The van der Waals surface area contributed by atoms with E-state index in [0.29, 0.717) is 0 Å². The third kappa shape index (κ3) is 8.90. The van der Waals surface area contributed by atoms with Gasteiger partial charge in [0.1, 0.15) is 0 Å². The van der Waals surface area contributed by atoms with Crippen LogP contribution in [0, 0.1) is 0 Å². The van der Waals surface area contributed by atoms with Crippen LogP contribution in [-0.2, 0) is 33.7 Å². The lowest BCUT2D eigenvalue weighted by atomic mass is 10.3. The van der Waals surface area contributed by atoms with Crippen LogP contribution in [0.1, 0.15) is 12.8 Å². The summed E-state index contributed by atoms with van der Waals surface area (Å²) in [6.45, 7) is -0.855. The van der Waals surface area contributed by atoms with Gasteiger partial charge in [-0.25, -0.2) is 4.79 Å². The number of carbonyl (C=O) groups excluding carboxylic acids is 2. The van der Waals surface area contributed by atoms with Crippen molar-refractivity contribution >= 4 is 28.3 Å². The van der Waals surface area contributed by atoms with Crippen LogP contribution in [0.25, 0.3) is 0 Å². The maximum absolute atomic E-state index is 10.7. The molecule has 0 heterocycles. The zero-order chi connectivity index (χ0) is 12.8. The van der Waals surface area contributed by atoms with Crippen LogP contribution >= 0.6 is 0 Å². The van der Waals surface area contributed by atoms with Gasteiger partial charge in [-0.3, -0.25) is 14.1 Å². The summed E-state index contributed by atoms with van der Waals surface area (Å²) in [6, 6.07) is 0. The number of carboxylic acids is 1. The molecule has 0 saturated carbocycles. The number of hydrogen-bond acceptors (Lipinski definition) is 7. The van der Waals surface area contributed by atoms with Gasteiger partial charge in [0.2, 0.25) is 0 Å². The summed E-state index contributed by atoms with van der Waals surface area (Å²) in [5.41, 5.74) is 0. The quantitative estimate of drug-likeness (QED) is 0.439. The average Bonchev–Trinajstić information content (AvgIpc) is 2.08. The molecule has 92 valence electrons. The van der Waals surface area contributed by atoms with E-state index in [-0.39, 0.29) is 0 Å². The van der Waals surface area contributed by atoms with Gasteiger partial charge < -0.3 is 14.0 Å². The minimum absolute atomic E-state index is 0.554. The second-order valence-corrected chi connectivity index (χ2v) is 3.46. The lowest BCUT2D eigenvalue weighted by Gasteiger charge is -2.01. The first-order chi connectivity index (χ1) is 7.20. The summed E-state index contributed by atoms with van der Waals surface area (Å²) < 4.78 is 35.7. The first-order valence-corrected chi connectivity index (χ1v) is 5.14. The first kappa shape index (κ1) is 14.3. The smallest absolute Gasteiger partial charge is 0.448 e. The highest BCUT2D eigenvalue weighted by Crippen LogP contribution is 1.98. The van der Waals surface area contributed by atoms with Gasteiger partial charge in [0, 0.05) is 0 Å². The van der Waals surface area contributed by atoms with E-state index in [2.05, 4.69) is 8.92 Å². The summed E-state index contributed by atoms with van der Waals surface area (Å²) >= 11 is 0. The van der Waals surface area contributed by atoms with Gasteiger partial charge in [0.05, 0.1) is 12.8 Å². The summed E-state index contributed by atoms with van der Waals surface area (Å²) in [7, 11) is -4.89. The molecule has 0 aliphatic heterocycles. The predicted octanol–water partition coefficient (Wildman–Crippen LogP) is -1.26. The van der Waals surface area contributed by atoms with E-state index in [1.165, 1.54) is 0 Å². The maximum atomic E-state index is 10.7. The van der Waals surface area contributed by atoms with E-state index in [1.807, 2.05) is 0 Å². The number of hydrogen-bond donors (Lipinski definition) is 2. The van der Waals surface area contributed by atoms with Gasteiger partial charge in [-0.05, 0) is 0 Å². The SMILES string of the molecule is O=C(O)COC(=O)CCC(=O)OS(=O)(=O)O. The third-order valence-corrected chi connectivity index (χ3v) is 1.48. The highest BCUT2D eigenvalue weighted by atomic mass is 32.3. The largest absolute Gasteiger partial charge is 0.479 e. The van der Waals surface area contributed by atoms with Crippen LogP contribution in [-0.4, -0.2) is 42.6 Å². The molecule has 0 aliphatic carbocycles. The van der Waals surface area contributed by atoms with E-state index in [4.69, 9.17) is 9.66 Å². The Hall–Kier alpha value is -1.68. The molecule has 9 nitrogen and oxygen atoms in total. The molecule has 0 aliphatic rings. The molecule has 0 radical (unpaired) electrons. The fraction of sp³-hybridized carbons (Fsp3) is 0.500. The fourth-order valence-corrected chi connectivity index (χ4v) is 0.896. The van der Waals surface area contributed by atoms with Crippen LogP contribution in [0.4, 0.5) is 0 Å². The Kier molecular flexibility index (Phi) is 5.39. The summed E-state index contributed by atoms with van der Waals surface area (Å²) in [5.74, 6) is -3.72. The molecule has 0 rings (SSSR count). The Morgan fingerprint density at radius 1 is 1.06 bits per heavy atom. The van der Waals surface area contributed by atoms with Crippen molar-refractivity contribution in [3.05, 3.63) is 0 Å². The Balaban J connectivity index is 3.84. The molecule has 10 heteroatoms. The van der Waals surface area contributed by atoms with E-state index in [9.17, 15) is 22.8 Å². The molecule has 16 heavy (non-hydrogen) atoms. The standard InChI is InChI=1S/C6H8O9S/c7-4(8)3-14-5(9)1-2-6(10)15-16(11,12)13/h1-3H2,(H,7,8)(H,11,12,13). The van der Waals surface area contributed by atoms with Crippen molar-refractivity contribution in [2.75, 3.05) is 6.61 Å². The zero-order valence-corrected chi connectivity index (χ0v) is 8.60. The highest BCUT2D eigenvalue weighted by molar-refractivity contribution is 7.81. The molecule has 0 aromatic rings. The lowest BCUT2D eigenvalue weighted by molar-refractivity contribution is -0.155. The lowest BCUT2D eigenvalue weighted by Crippen LogP contribution is -2.16. The van der Waals surface area contributed by atoms with Crippen LogP contribution in [0.5, 0.6) is 0 Å². The van der Waals surface area contributed by atoms with Crippen molar-refractivity contribution in [1.29, 1.82) is 0 Å². The number of carboxylic acid groups (broad SMARTS) is 1. The normalized spacial score (nSPS) is 10.6. The molecule has 0 saturated heterocycles. The molecule has 2 N–H and O–H groups in total. The number of ether oxygens (including phenoxy) is 1. The second-order valence-electron chi connectivity index (χ2n) is 2.44. The van der Waals surface area contributed by atoms with E-state index in [1.54, 1.807) is 0 Å². The average molecular weight is 256 g/mol. The van der Waals surface area contributed by atoms with Crippen molar-refractivity contribution in [2.45, 2.75) is 12.8 Å². The molecule has 0 atom stereocenters. The van der Waals surface area contributed by atoms with Gasteiger partial charge >= 0.3 is 28.3 Å². The van der Waals surface area contributed by atoms with Crippen LogP contribution in [0.3, 0.4) is 0 Å². The molecule has 0 amide bonds. The fourth-order valence-electron chi connectivity index (χ4n) is 0.578. The summed E-state index contributed by atoms with van der Waals surface area (Å²) in [5, 5.41) is 8.11. The van der Waals surface area contributed by atoms with E-state index < -0.39 is 47.8 Å². The van der Waals surface area contributed by atoms with Gasteiger partial charge in [0.15, 0.2) is 6.61 Å². The monoisotopic (exact) mass is 256 g/mol. The minimum atomic E-state index is -4.89. The Labute approximate surface area is 89.9 Å². The summed E-state index contributed by atoms with van der Waals surface area (Å²) in [6.07, 6.45) is -1.21. The Morgan fingerprint density at radius 3 is 2.00 bits per heavy atom. The van der Waals surface area contributed by atoms with Crippen molar-refractivity contribution < 1.29 is 41.4 Å². The number of carbonyl (C=O) groups is 3. The number of esters is 1. The van der Waals surface area contributed by atoms with Gasteiger partial charge in [-0.1, -0.05) is 0 Å². The van der Waals surface area contributed by atoms with Gasteiger partial charge in [-0.2, -0.15) is 8.42 Å². The topological polar surface area (TPSA) is 144 Å². The molecular weight excluding hydrogens is 248 g/mol. The second kappa shape index (κ2) is 6.02. The first-order valence-electron chi connectivity index (χ1n) is 3.78. The molecule has 0 bridgehead atoms.